The van der Waals surface area contributed by atoms with E-state index in [-0.39, 0.29) is 5.92 Å². The van der Waals surface area contributed by atoms with Gasteiger partial charge in [0.2, 0.25) is 0 Å². The Balaban J connectivity index is 4.18. The van der Waals surface area contributed by atoms with E-state index in [2.05, 4.69) is 0 Å². The van der Waals surface area contributed by atoms with E-state index >= 15 is 0 Å². The molecule has 0 rings (SSSR count). The van der Waals surface area contributed by atoms with Crippen LogP contribution in [0.15, 0.2) is 0 Å². The lowest BCUT2D eigenvalue weighted by molar-refractivity contribution is -0.174. The number of carbonyl (C=O) groups is 1. The minimum atomic E-state index is -4.78. The molecule has 2 nitrogen and oxygen atoms in total. The fraction of sp³-hybridized carbons (Fsp3) is 0.889. The van der Waals surface area contributed by atoms with Crippen molar-refractivity contribution >= 4 is 5.91 Å². The molecule has 14 heavy (non-hydrogen) atoms. The van der Waals surface area contributed by atoms with Crippen LogP contribution in [0.2, 0.25) is 0 Å². The third kappa shape index (κ3) is 3.98. The topological polar surface area (TPSA) is 29.1 Å². The smallest absolute Gasteiger partial charge is 0.346 e. The van der Waals surface area contributed by atoms with Gasteiger partial charge in [0, 0.05) is 6.04 Å². The van der Waals surface area contributed by atoms with Crippen LogP contribution in [-0.2, 0) is 4.79 Å². The lowest BCUT2D eigenvalue weighted by atomic mass is 9.95. The number of rotatable bonds is 4. The van der Waals surface area contributed by atoms with Gasteiger partial charge in [0.25, 0.3) is 0 Å². The second-order valence-corrected chi connectivity index (χ2v) is 3.34. The Morgan fingerprint density at radius 3 is 2.00 bits per heavy atom. The zero-order valence-corrected chi connectivity index (χ0v) is 8.61. The average molecular weight is 211 g/mol. The van der Waals surface area contributed by atoms with Gasteiger partial charge in [-0.2, -0.15) is 13.2 Å². The molecule has 5 heteroatoms. The van der Waals surface area contributed by atoms with E-state index in [1.165, 1.54) is 0 Å². The van der Waals surface area contributed by atoms with Crippen LogP contribution in [0.25, 0.3) is 0 Å². The van der Waals surface area contributed by atoms with Crippen molar-refractivity contribution in [3.8, 4) is 0 Å². The van der Waals surface area contributed by atoms with E-state index in [9.17, 15) is 18.0 Å². The minimum absolute atomic E-state index is 0.0984. The molecule has 0 spiro atoms. The van der Waals surface area contributed by atoms with E-state index in [4.69, 9.17) is 0 Å². The standard InChI is InChI=1S/C9H16F3NO/c1-4-7(5-2)6(3)13-8(14)9(10,11)12/h6-7H,4-5H2,1-3H3,(H,13,14). The highest BCUT2D eigenvalue weighted by Gasteiger charge is 2.39. The lowest BCUT2D eigenvalue weighted by Crippen LogP contribution is -2.44. The summed E-state index contributed by atoms with van der Waals surface area (Å²) < 4.78 is 35.6. The van der Waals surface area contributed by atoms with Gasteiger partial charge in [-0.1, -0.05) is 26.7 Å². The highest BCUT2D eigenvalue weighted by molar-refractivity contribution is 5.81. The van der Waals surface area contributed by atoms with Crippen molar-refractivity contribution in [2.45, 2.75) is 45.8 Å². The maximum Gasteiger partial charge on any atom is 0.471 e. The quantitative estimate of drug-likeness (QED) is 0.760. The number of carbonyl (C=O) groups excluding carboxylic acids is 1. The molecule has 84 valence electrons. The summed E-state index contributed by atoms with van der Waals surface area (Å²) in [6.45, 7) is 5.39. The van der Waals surface area contributed by atoms with Gasteiger partial charge >= 0.3 is 12.1 Å². The fourth-order valence-corrected chi connectivity index (χ4v) is 1.40. The highest BCUT2D eigenvalue weighted by atomic mass is 19.4. The Bertz CT molecular complexity index is 187. The number of nitrogens with one attached hydrogen (secondary N) is 1. The van der Waals surface area contributed by atoms with Crippen LogP contribution in [0.4, 0.5) is 13.2 Å². The third-order valence-electron chi connectivity index (χ3n) is 2.37. The van der Waals surface area contributed by atoms with Crippen LogP contribution >= 0.6 is 0 Å². The van der Waals surface area contributed by atoms with Crippen LogP contribution < -0.4 is 5.32 Å². The van der Waals surface area contributed by atoms with Gasteiger partial charge in [0.1, 0.15) is 0 Å². The van der Waals surface area contributed by atoms with Gasteiger partial charge in [-0.15, -0.1) is 0 Å². The summed E-state index contributed by atoms with van der Waals surface area (Å²) in [6.07, 6.45) is -3.26. The predicted molar refractivity (Wildman–Crippen MR) is 47.7 cm³/mol. The van der Waals surface area contributed by atoms with Crippen molar-refractivity contribution in [3.05, 3.63) is 0 Å². The van der Waals surface area contributed by atoms with Crippen LogP contribution in [0.5, 0.6) is 0 Å². The molecule has 0 saturated carbocycles. The summed E-state index contributed by atoms with van der Waals surface area (Å²) in [4.78, 5) is 10.6. The van der Waals surface area contributed by atoms with Crippen LogP contribution in [0, 0.1) is 5.92 Å². The summed E-state index contributed by atoms with van der Waals surface area (Å²) in [6, 6.07) is -0.431. The molecule has 0 aliphatic rings. The first kappa shape index (κ1) is 13.3. The maximum absolute atomic E-state index is 11.9. The zero-order valence-electron chi connectivity index (χ0n) is 8.61. The van der Waals surface area contributed by atoms with Crippen molar-refractivity contribution in [3.63, 3.8) is 0 Å². The van der Waals surface area contributed by atoms with E-state index in [0.29, 0.717) is 0 Å². The Labute approximate surface area is 81.9 Å². The summed E-state index contributed by atoms with van der Waals surface area (Å²) >= 11 is 0. The molecular formula is C9H16F3NO. The average Bonchev–Trinajstić information content (AvgIpc) is 2.04. The molecule has 0 aromatic heterocycles. The van der Waals surface area contributed by atoms with Crippen LogP contribution in [0.3, 0.4) is 0 Å². The van der Waals surface area contributed by atoms with Gasteiger partial charge < -0.3 is 5.32 Å². The molecule has 1 unspecified atom stereocenters. The number of amides is 1. The molecule has 0 aliphatic carbocycles. The zero-order chi connectivity index (χ0) is 11.4. The molecule has 0 heterocycles. The maximum atomic E-state index is 11.9. The number of hydrogen-bond acceptors (Lipinski definition) is 1. The molecule has 0 aliphatic heterocycles. The number of halogens is 3. The molecule has 0 fully saturated rings. The Morgan fingerprint density at radius 2 is 1.71 bits per heavy atom. The van der Waals surface area contributed by atoms with Gasteiger partial charge in [-0.05, 0) is 12.8 Å². The second-order valence-electron chi connectivity index (χ2n) is 3.34. The molecule has 0 bridgehead atoms. The van der Waals surface area contributed by atoms with Gasteiger partial charge in [-0.3, -0.25) is 4.79 Å². The molecule has 1 N–H and O–H groups in total. The minimum Gasteiger partial charge on any atom is -0.346 e. The molecule has 0 saturated heterocycles. The van der Waals surface area contributed by atoms with E-state index in [1.54, 1.807) is 6.92 Å². The van der Waals surface area contributed by atoms with Crippen molar-refractivity contribution in [1.82, 2.24) is 5.32 Å². The Hall–Kier alpha value is -0.740. The Kier molecular flexibility index (Phi) is 4.94. The normalized spacial score (nSPS) is 14.2. The second kappa shape index (κ2) is 5.22. The monoisotopic (exact) mass is 211 g/mol. The third-order valence-corrected chi connectivity index (χ3v) is 2.37. The summed E-state index contributed by atoms with van der Waals surface area (Å²) in [5.74, 6) is -1.75. The molecule has 1 atom stereocenters. The van der Waals surface area contributed by atoms with Crippen molar-refractivity contribution < 1.29 is 18.0 Å². The largest absolute Gasteiger partial charge is 0.471 e. The first-order valence-corrected chi connectivity index (χ1v) is 4.70. The summed E-state index contributed by atoms with van der Waals surface area (Å²) in [5.41, 5.74) is 0. The van der Waals surface area contributed by atoms with Crippen molar-refractivity contribution in [2.24, 2.45) is 5.92 Å². The lowest BCUT2D eigenvalue weighted by Gasteiger charge is -2.22. The Morgan fingerprint density at radius 1 is 1.29 bits per heavy atom. The van der Waals surface area contributed by atoms with E-state index in [0.717, 1.165) is 12.8 Å². The van der Waals surface area contributed by atoms with Crippen molar-refractivity contribution in [2.75, 3.05) is 0 Å². The van der Waals surface area contributed by atoms with E-state index in [1.807, 2.05) is 19.2 Å². The van der Waals surface area contributed by atoms with Gasteiger partial charge in [-0.25, -0.2) is 0 Å². The predicted octanol–water partition coefficient (Wildman–Crippen LogP) is 2.49. The molecule has 1 amide bonds. The molecular weight excluding hydrogens is 195 g/mol. The molecule has 0 aromatic carbocycles. The summed E-state index contributed by atoms with van der Waals surface area (Å²) in [7, 11) is 0. The molecule has 0 aromatic rings. The first-order valence-electron chi connectivity index (χ1n) is 4.70. The molecule has 0 radical (unpaired) electrons. The first-order chi connectivity index (χ1) is 6.32. The number of alkyl halides is 3. The summed E-state index contributed by atoms with van der Waals surface area (Å²) in [5, 5.41) is 1.96. The van der Waals surface area contributed by atoms with Crippen molar-refractivity contribution in [1.29, 1.82) is 0 Å². The van der Waals surface area contributed by atoms with Crippen LogP contribution in [0.1, 0.15) is 33.6 Å². The highest BCUT2D eigenvalue weighted by Crippen LogP contribution is 2.17. The van der Waals surface area contributed by atoms with Crippen LogP contribution in [-0.4, -0.2) is 18.1 Å². The number of hydrogen-bond donors (Lipinski definition) is 1. The van der Waals surface area contributed by atoms with E-state index < -0.39 is 18.1 Å². The van der Waals surface area contributed by atoms with Gasteiger partial charge in [0.05, 0.1) is 0 Å². The fourth-order valence-electron chi connectivity index (χ4n) is 1.40. The SMILES string of the molecule is CCC(CC)C(C)NC(=O)C(F)(F)F. The van der Waals surface area contributed by atoms with Gasteiger partial charge in [0.15, 0.2) is 0 Å².